The Kier molecular flexibility index (Phi) is 5.45. The van der Waals surface area contributed by atoms with Gasteiger partial charge in [0.05, 0.1) is 13.0 Å². The van der Waals surface area contributed by atoms with Crippen LogP contribution in [0.2, 0.25) is 0 Å². The van der Waals surface area contributed by atoms with Crippen molar-refractivity contribution in [3.05, 3.63) is 28.5 Å². The highest BCUT2D eigenvalue weighted by atomic mass is 79.9. The van der Waals surface area contributed by atoms with E-state index in [2.05, 4.69) is 29.8 Å². The minimum absolute atomic E-state index is 0.0255. The minimum atomic E-state index is -0.438. The van der Waals surface area contributed by atoms with E-state index in [9.17, 15) is 9.18 Å². The van der Waals surface area contributed by atoms with Crippen LogP contribution in [0.1, 0.15) is 26.7 Å². The van der Waals surface area contributed by atoms with Crippen LogP contribution in [0.5, 0.6) is 5.75 Å². The van der Waals surface area contributed by atoms with Crippen molar-refractivity contribution in [1.29, 1.82) is 0 Å². The Hall–Kier alpha value is -1.14. The van der Waals surface area contributed by atoms with Crippen molar-refractivity contribution in [2.75, 3.05) is 19.7 Å². The molecule has 2 rings (SSSR count). The first-order valence-corrected chi connectivity index (χ1v) is 8.20. The van der Waals surface area contributed by atoms with Crippen molar-refractivity contribution in [3.8, 4) is 5.75 Å². The number of nitrogens with two attached hydrogens (primary N) is 1. The SMILES string of the molecule is CC1(C)CN(C(=O)CCOc2ccc(Br)cc2F)CCC1N. The number of piperidine rings is 1. The highest BCUT2D eigenvalue weighted by Crippen LogP contribution is 2.28. The summed E-state index contributed by atoms with van der Waals surface area (Å²) >= 11 is 3.19. The second kappa shape index (κ2) is 6.96. The maximum Gasteiger partial charge on any atom is 0.226 e. The molecular weight excluding hydrogens is 351 g/mol. The molecule has 0 aromatic heterocycles. The van der Waals surface area contributed by atoms with Gasteiger partial charge in [0.25, 0.3) is 0 Å². The molecule has 1 atom stereocenters. The largest absolute Gasteiger partial charge is 0.490 e. The Morgan fingerprint density at radius 3 is 2.91 bits per heavy atom. The lowest BCUT2D eigenvalue weighted by Crippen LogP contribution is -2.54. The van der Waals surface area contributed by atoms with Gasteiger partial charge in [-0.1, -0.05) is 29.8 Å². The van der Waals surface area contributed by atoms with Crippen LogP contribution in [0.15, 0.2) is 22.7 Å². The van der Waals surface area contributed by atoms with E-state index in [0.717, 1.165) is 6.42 Å². The van der Waals surface area contributed by atoms with Crippen molar-refractivity contribution < 1.29 is 13.9 Å². The zero-order valence-corrected chi connectivity index (χ0v) is 14.5. The third-order valence-corrected chi connectivity index (χ3v) is 4.63. The molecule has 22 heavy (non-hydrogen) atoms. The van der Waals surface area contributed by atoms with E-state index >= 15 is 0 Å². The summed E-state index contributed by atoms with van der Waals surface area (Å²) in [6.45, 7) is 5.64. The molecule has 4 nitrogen and oxygen atoms in total. The van der Waals surface area contributed by atoms with Gasteiger partial charge in [-0.3, -0.25) is 4.79 Å². The van der Waals surface area contributed by atoms with Crippen LogP contribution in [0, 0.1) is 11.2 Å². The number of hydrogen-bond donors (Lipinski definition) is 1. The lowest BCUT2D eigenvalue weighted by atomic mass is 9.79. The molecule has 122 valence electrons. The lowest BCUT2D eigenvalue weighted by molar-refractivity contribution is -0.135. The number of carbonyl (C=O) groups is 1. The molecule has 0 bridgehead atoms. The fourth-order valence-electron chi connectivity index (χ4n) is 2.59. The second-order valence-electron chi connectivity index (χ2n) is 6.37. The van der Waals surface area contributed by atoms with Crippen LogP contribution in [-0.2, 0) is 4.79 Å². The van der Waals surface area contributed by atoms with Gasteiger partial charge in [0.2, 0.25) is 5.91 Å². The second-order valence-corrected chi connectivity index (χ2v) is 7.29. The molecule has 2 N–H and O–H groups in total. The zero-order chi connectivity index (χ0) is 16.3. The number of amides is 1. The standard InChI is InChI=1S/C16H22BrFN2O2/c1-16(2)10-20(7-5-14(16)19)15(21)6-8-22-13-4-3-11(17)9-12(13)18/h3-4,9,14H,5-8,10,19H2,1-2H3. The number of nitrogens with zero attached hydrogens (tertiary/aromatic N) is 1. The van der Waals surface area contributed by atoms with Crippen LogP contribution >= 0.6 is 15.9 Å². The molecule has 1 heterocycles. The molecular formula is C16H22BrFN2O2. The molecule has 1 unspecified atom stereocenters. The number of likely N-dealkylation sites (tertiary alicyclic amines) is 1. The van der Waals surface area contributed by atoms with Gasteiger partial charge in [-0.25, -0.2) is 4.39 Å². The van der Waals surface area contributed by atoms with E-state index in [1.54, 1.807) is 12.1 Å². The van der Waals surface area contributed by atoms with Crippen molar-refractivity contribution in [2.45, 2.75) is 32.7 Å². The van der Waals surface area contributed by atoms with Gasteiger partial charge in [0.15, 0.2) is 11.6 Å². The fourth-order valence-corrected chi connectivity index (χ4v) is 2.92. The molecule has 1 aromatic carbocycles. The Morgan fingerprint density at radius 2 is 2.27 bits per heavy atom. The topological polar surface area (TPSA) is 55.6 Å². The van der Waals surface area contributed by atoms with Gasteiger partial charge in [0, 0.05) is 23.6 Å². The molecule has 1 amide bonds. The predicted molar refractivity (Wildman–Crippen MR) is 87.2 cm³/mol. The predicted octanol–water partition coefficient (Wildman–Crippen LogP) is 2.94. The van der Waals surface area contributed by atoms with Crippen molar-refractivity contribution in [1.82, 2.24) is 4.90 Å². The Balaban J connectivity index is 1.83. The molecule has 0 aliphatic carbocycles. The van der Waals surface area contributed by atoms with E-state index in [1.165, 1.54) is 6.07 Å². The molecule has 0 spiro atoms. The smallest absolute Gasteiger partial charge is 0.226 e. The minimum Gasteiger partial charge on any atom is -0.490 e. The summed E-state index contributed by atoms with van der Waals surface area (Å²) in [7, 11) is 0. The molecule has 1 aromatic rings. The van der Waals surface area contributed by atoms with Crippen molar-refractivity contribution in [3.63, 3.8) is 0 Å². The van der Waals surface area contributed by atoms with Gasteiger partial charge in [-0.15, -0.1) is 0 Å². The number of carbonyl (C=O) groups excluding carboxylic acids is 1. The number of benzene rings is 1. The highest BCUT2D eigenvalue weighted by Gasteiger charge is 2.35. The Labute approximate surface area is 138 Å². The van der Waals surface area contributed by atoms with Gasteiger partial charge < -0.3 is 15.4 Å². The summed E-state index contributed by atoms with van der Waals surface area (Å²) in [5, 5.41) is 0. The molecule has 6 heteroatoms. The first-order valence-electron chi connectivity index (χ1n) is 7.41. The number of hydrogen-bond acceptors (Lipinski definition) is 3. The Morgan fingerprint density at radius 1 is 1.55 bits per heavy atom. The lowest BCUT2D eigenvalue weighted by Gasteiger charge is -2.42. The van der Waals surface area contributed by atoms with Crippen LogP contribution in [0.4, 0.5) is 4.39 Å². The molecule has 1 aliphatic heterocycles. The number of halogens is 2. The highest BCUT2D eigenvalue weighted by molar-refractivity contribution is 9.10. The summed E-state index contributed by atoms with van der Waals surface area (Å²) in [6.07, 6.45) is 1.04. The van der Waals surface area contributed by atoms with Gasteiger partial charge in [-0.05, 0) is 30.0 Å². The van der Waals surface area contributed by atoms with Crippen LogP contribution in [0.3, 0.4) is 0 Å². The van der Waals surface area contributed by atoms with E-state index < -0.39 is 5.82 Å². The normalized spacial score (nSPS) is 20.8. The summed E-state index contributed by atoms with van der Waals surface area (Å²) in [5.74, 6) is -0.249. The average Bonchev–Trinajstić information content (AvgIpc) is 2.44. The van der Waals surface area contributed by atoms with Crippen LogP contribution in [-0.4, -0.2) is 36.5 Å². The van der Waals surface area contributed by atoms with E-state index in [4.69, 9.17) is 10.5 Å². The summed E-state index contributed by atoms with van der Waals surface area (Å²) in [5.41, 5.74) is 5.99. The number of ether oxygens (including phenoxy) is 1. The quantitative estimate of drug-likeness (QED) is 0.883. The van der Waals surface area contributed by atoms with Gasteiger partial charge in [0.1, 0.15) is 0 Å². The summed E-state index contributed by atoms with van der Waals surface area (Å²) in [4.78, 5) is 14.0. The monoisotopic (exact) mass is 372 g/mol. The molecule has 0 radical (unpaired) electrons. The van der Waals surface area contributed by atoms with Gasteiger partial charge >= 0.3 is 0 Å². The van der Waals surface area contributed by atoms with Gasteiger partial charge in [-0.2, -0.15) is 0 Å². The van der Waals surface area contributed by atoms with Crippen molar-refractivity contribution >= 4 is 21.8 Å². The number of rotatable bonds is 4. The van der Waals surface area contributed by atoms with Crippen LogP contribution in [0.25, 0.3) is 0 Å². The average molecular weight is 373 g/mol. The molecule has 1 fully saturated rings. The molecule has 1 saturated heterocycles. The van der Waals surface area contributed by atoms with E-state index in [0.29, 0.717) is 17.6 Å². The van der Waals surface area contributed by atoms with E-state index in [-0.39, 0.29) is 36.1 Å². The third kappa shape index (κ3) is 4.20. The summed E-state index contributed by atoms with van der Waals surface area (Å²) < 4.78 is 19.6. The third-order valence-electron chi connectivity index (χ3n) is 4.13. The fraction of sp³-hybridized carbons (Fsp3) is 0.562. The maximum absolute atomic E-state index is 13.6. The summed E-state index contributed by atoms with van der Waals surface area (Å²) in [6, 6.07) is 4.71. The Bertz CT molecular complexity index is 551. The molecule has 1 aliphatic rings. The first-order chi connectivity index (χ1) is 10.3. The van der Waals surface area contributed by atoms with Crippen molar-refractivity contribution in [2.24, 2.45) is 11.1 Å². The maximum atomic E-state index is 13.6. The zero-order valence-electron chi connectivity index (χ0n) is 12.9. The first kappa shape index (κ1) is 17.2. The molecule has 0 saturated carbocycles. The van der Waals surface area contributed by atoms with E-state index in [1.807, 2.05) is 4.90 Å². The van der Waals surface area contributed by atoms with Crippen LogP contribution < -0.4 is 10.5 Å².